The van der Waals surface area contributed by atoms with E-state index in [0.29, 0.717) is 16.5 Å². The average Bonchev–Trinajstić information content (AvgIpc) is 3.37. The van der Waals surface area contributed by atoms with Crippen LogP contribution in [0.25, 0.3) is 21.7 Å². The third-order valence-corrected chi connectivity index (χ3v) is 5.60. The number of benzene rings is 3. The van der Waals surface area contributed by atoms with E-state index < -0.39 is 11.8 Å². The minimum atomic E-state index is -0.523. The monoisotopic (exact) mass is 459 g/mol. The molecule has 166 valence electrons. The van der Waals surface area contributed by atoms with E-state index in [1.165, 1.54) is 11.3 Å². The van der Waals surface area contributed by atoms with E-state index >= 15 is 0 Å². The van der Waals surface area contributed by atoms with Crippen LogP contribution in [0.3, 0.4) is 0 Å². The van der Waals surface area contributed by atoms with Crippen LogP contribution in [0.4, 0.5) is 0 Å². The van der Waals surface area contributed by atoms with Gasteiger partial charge in [0.25, 0.3) is 11.8 Å². The Bertz CT molecular complexity index is 1260. The van der Waals surface area contributed by atoms with Crippen molar-refractivity contribution in [3.05, 3.63) is 89.9 Å². The van der Waals surface area contributed by atoms with Crippen LogP contribution < -0.4 is 20.3 Å². The second kappa shape index (κ2) is 10.4. The lowest BCUT2D eigenvalue weighted by atomic mass is 10.1. The number of rotatable bonds is 7. The van der Waals surface area contributed by atoms with E-state index in [9.17, 15) is 9.59 Å². The summed E-state index contributed by atoms with van der Waals surface area (Å²) in [6.45, 7) is -0.256. The van der Waals surface area contributed by atoms with E-state index in [-0.39, 0.29) is 12.3 Å². The zero-order chi connectivity index (χ0) is 23.0. The largest absolute Gasteiger partial charge is 0.496 e. The molecule has 0 fully saturated rings. The molecule has 1 heterocycles. The molecule has 0 spiro atoms. The van der Waals surface area contributed by atoms with Gasteiger partial charge < -0.3 is 9.47 Å². The SMILES string of the molecule is COc1ccccc1-c1nc(C(=O)NNC(=O)COc2ccccc2-c2ccccc2)cs1. The Morgan fingerprint density at radius 3 is 2.27 bits per heavy atom. The summed E-state index contributed by atoms with van der Waals surface area (Å²) in [5.74, 6) is 0.225. The van der Waals surface area contributed by atoms with E-state index in [4.69, 9.17) is 9.47 Å². The van der Waals surface area contributed by atoms with Gasteiger partial charge in [-0.15, -0.1) is 11.3 Å². The summed E-state index contributed by atoms with van der Waals surface area (Å²) in [5, 5.41) is 2.26. The fourth-order valence-electron chi connectivity index (χ4n) is 3.14. The maximum atomic E-state index is 12.4. The molecule has 0 saturated heterocycles. The lowest BCUT2D eigenvalue weighted by Gasteiger charge is -2.12. The van der Waals surface area contributed by atoms with Gasteiger partial charge in [0.2, 0.25) is 0 Å². The van der Waals surface area contributed by atoms with Crippen LogP contribution in [0.5, 0.6) is 11.5 Å². The van der Waals surface area contributed by atoms with Crippen molar-refractivity contribution in [3.63, 3.8) is 0 Å². The van der Waals surface area contributed by atoms with Crippen LogP contribution >= 0.6 is 11.3 Å². The fraction of sp³-hybridized carbons (Fsp3) is 0.0800. The number of thiazole rings is 1. The number of para-hydroxylation sites is 2. The summed E-state index contributed by atoms with van der Waals surface area (Å²) >= 11 is 1.31. The second-order valence-corrected chi connectivity index (χ2v) is 7.75. The van der Waals surface area contributed by atoms with E-state index in [1.807, 2.05) is 72.8 Å². The molecule has 4 aromatic rings. The van der Waals surface area contributed by atoms with Crippen molar-refractivity contribution in [2.75, 3.05) is 13.7 Å². The first-order chi connectivity index (χ1) is 16.2. The normalized spacial score (nSPS) is 10.3. The standard InChI is InChI=1S/C25H21N3O4S/c1-31-21-13-7-6-12-19(21)25-26-20(16-33-25)24(30)28-27-23(29)15-32-22-14-8-5-11-18(22)17-9-3-2-4-10-17/h2-14,16H,15H2,1H3,(H,27,29)(H,28,30). The molecular formula is C25H21N3O4S. The Labute approximate surface area is 195 Å². The van der Waals surface area contributed by atoms with Gasteiger partial charge in [-0.3, -0.25) is 20.4 Å². The number of aromatic nitrogens is 1. The predicted molar refractivity (Wildman–Crippen MR) is 127 cm³/mol. The minimum Gasteiger partial charge on any atom is -0.496 e. The molecule has 7 nitrogen and oxygen atoms in total. The number of hydrogen-bond acceptors (Lipinski definition) is 6. The van der Waals surface area contributed by atoms with Crippen molar-refractivity contribution in [1.29, 1.82) is 0 Å². The number of methoxy groups -OCH3 is 1. The number of carbonyl (C=O) groups is 2. The third kappa shape index (κ3) is 5.36. The maximum absolute atomic E-state index is 12.4. The van der Waals surface area contributed by atoms with Gasteiger partial charge in [0, 0.05) is 10.9 Å². The van der Waals surface area contributed by atoms with Crippen LogP contribution in [-0.2, 0) is 4.79 Å². The Hall–Kier alpha value is -4.17. The topological polar surface area (TPSA) is 89.5 Å². The van der Waals surface area contributed by atoms with Gasteiger partial charge in [0.05, 0.1) is 12.7 Å². The molecule has 2 N–H and O–H groups in total. The molecule has 33 heavy (non-hydrogen) atoms. The Balaban J connectivity index is 1.33. The lowest BCUT2D eigenvalue weighted by molar-refractivity contribution is -0.123. The van der Waals surface area contributed by atoms with Gasteiger partial charge in [-0.2, -0.15) is 0 Å². The highest BCUT2D eigenvalue weighted by atomic mass is 32.1. The lowest BCUT2D eigenvalue weighted by Crippen LogP contribution is -2.44. The highest BCUT2D eigenvalue weighted by Gasteiger charge is 2.15. The number of hydrogen-bond donors (Lipinski definition) is 2. The molecule has 8 heteroatoms. The summed E-state index contributed by atoms with van der Waals surface area (Å²) in [6.07, 6.45) is 0. The van der Waals surface area contributed by atoms with Crippen LogP contribution in [-0.4, -0.2) is 30.5 Å². The van der Waals surface area contributed by atoms with E-state index in [1.54, 1.807) is 18.6 Å². The quantitative estimate of drug-likeness (QED) is 0.402. The number of hydrazine groups is 1. The fourth-order valence-corrected chi connectivity index (χ4v) is 3.97. The third-order valence-electron chi connectivity index (χ3n) is 4.72. The molecule has 0 radical (unpaired) electrons. The minimum absolute atomic E-state index is 0.191. The van der Waals surface area contributed by atoms with E-state index in [0.717, 1.165) is 16.7 Å². The summed E-state index contributed by atoms with van der Waals surface area (Å²) in [4.78, 5) is 29.0. The number of ether oxygens (including phenoxy) is 2. The van der Waals surface area contributed by atoms with Crippen LogP contribution in [0.2, 0.25) is 0 Å². The Morgan fingerprint density at radius 1 is 0.848 bits per heavy atom. The molecule has 3 aromatic carbocycles. The van der Waals surface area contributed by atoms with Gasteiger partial charge in [-0.1, -0.05) is 60.7 Å². The molecule has 0 atom stereocenters. The maximum Gasteiger partial charge on any atom is 0.289 e. The smallest absolute Gasteiger partial charge is 0.289 e. The van der Waals surface area contributed by atoms with Crippen LogP contribution in [0, 0.1) is 0 Å². The van der Waals surface area contributed by atoms with Gasteiger partial charge in [0.1, 0.15) is 22.2 Å². The van der Waals surface area contributed by atoms with Crippen molar-refractivity contribution < 1.29 is 19.1 Å². The number of nitrogens with zero attached hydrogens (tertiary/aromatic N) is 1. The molecule has 0 aliphatic carbocycles. The first kappa shape index (κ1) is 22.0. The summed E-state index contributed by atoms with van der Waals surface area (Å²) in [7, 11) is 1.58. The second-order valence-electron chi connectivity index (χ2n) is 6.89. The molecule has 4 rings (SSSR count). The van der Waals surface area contributed by atoms with Crippen molar-refractivity contribution in [3.8, 4) is 33.2 Å². The number of carbonyl (C=O) groups excluding carboxylic acids is 2. The van der Waals surface area contributed by atoms with Crippen molar-refractivity contribution in [2.45, 2.75) is 0 Å². The number of amides is 2. The molecule has 2 amide bonds. The van der Waals surface area contributed by atoms with Crippen molar-refractivity contribution in [2.24, 2.45) is 0 Å². The summed E-state index contributed by atoms with van der Waals surface area (Å²) in [6, 6.07) is 24.6. The van der Waals surface area contributed by atoms with Gasteiger partial charge in [-0.05, 0) is 23.8 Å². The average molecular weight is 460 g/mol. The Morgan fingerprint density at radius 2 is 1.52 bits per heavy atom. The zero-order valence-electron chi connectivity index (χ0n) is 17.8. The van der Waals surface area contributed by atoms with Gasteiger partial charge >= 0.3 is 0 Å². The highest BCUT2D eigenvalue weighted by Crippen LogP contribution is 2.32. The van der Waals surface area contributed by atoms with Gasteiger partial charge in [0.15, 0.2) is 6.61 Å². The molecule has 0 bridgehead atoms. The van der Waals surface area contributed by atoms with E-state index in [2.05, 4.69) is 15.8 Å². The first-order valence-electron chi connectivity index (χ1n) is 10.1. The molecule has 1 aromatic heterocycles. The number of nitrogens with one attached hydrogen (secondary N) is 2. The van der Waals surface area contributed by atoms with Crippen LogP contribution in [0.15, 0.2) is 84.2 Å². The highest BCUT2D eigenvalue weighted by molar-refractivity contribution is 7.13. The van der Waals surface area contributed by atoms with Gasteiger partial charge in [-0.25, -0.2) is 4.98 Å². The molecule has 0 aliphatic rings. The molecule has 0 saturated carbocycles. The Kier molecular flexibility index (Phi) is 6.96. The molecular weight excluding hydrogens is 438 g/mol. The molecule has 0 aliphatic heterocycles. The van der Waals surface area contributed by atoms with Crippen LogP contribution in [0.1, 0.15) is 10.5 Å². The summed E-state index contributed by atoms with van der Waals surface area (Å²) in [5.41, 5.74) is 7.57. The predicted octanol–water partition coefficient (Wildman–Crippen LogP) is 4.33. The van der Waals surface area contributed by atoms with Crippen molar-refractivity contribution >= 4 is 23.2 Å². The zero-order valence-corrected chi connectivity index (χ0v) is 18.6. The molecule has 0 unspecified atom stereocenters. The summed E-state index contributed by atoms with van der Waals surface area (Å²) < 4.78 is 11.0. The first-order valence-corrected chi connectivity index (χ1v) is 11.0. The van der Waals surface area contributed by atoms with Crippen molar-refractivity contribution in [1.82, 2.24) is 15.8 Å².